The molecule has 3 rings (SSSR count). The van der Waals surface area contributed by atoms with Crippen LogP contribution < -0.4 is 11.6 Å². The van der Waals surface area contributed by atoms with Gasteiger partial charge in [0.25, 0.3) is 5.95 Å². The Morgan fingerprint density at radius 2 is 2.35 bits per heavy atom. The van der Waals surface area contributed by atoms with Gasteiger partial charge in [-0.1, -0.05) is 28.5 Å². The van der Waals surface area contributed by atoms with Crippen LogP contribution in [0.5, 0.6) is 0 Å². The van der Waals surface area contributed by atoms with E-state index in [1.807, 2.05) is 0 Å². The molecule has 0 spiro atoms. The highest BCUT2D eigenvalue weighted by atomic mass is 35.5. The minimum Gasteiger partial charge on any atom is -0.391 e. The van der Waals surface area contributed by atoms with Crippen LogP contribution in [0.1, 0.15) is 13.2 Å². The molecule has 1 aliphatic rings. The number of aromatic amines is 1. The average Bonchev–Trinajstić information content (AvgIpc) is 3.09. The van der Waals surface area contributed by atoms with Crippen LogP contribution in [0, 0.1) is 15.9 Å². The number of H-pyrrole nitrogens is 1. The normalized spacial score (nSPS) is 29.8. The number of fused-ring (bicyclic) bond motifs is 1. The molecule has 138 valence electrons. The molecule has 0 aliphatic carbocycles. The molecule has 5 atom stereocenters. The van der Waals surface area contributed by atoms with Gasteiger partial charge >= 0.3 is 0 Å². The molecule has 2 aromatic heterocycles. The van der Waals surface area contributed by atoms with Crippen LogP contribution in [0.25, 0.3) is 11.2 Å². The maximum atomic E-state index is 10.5. The minimum absolute atomic E-state index is 0.0448. The van der Waals surface area contributed by atoms with Gasteiger partial charge in [0.15, 0.2) is 16.4 Å². The molecule has 2 aromatic rings. The van der Waals surface area contributed by atoms with E-state index in [1.54, 1.807) is 0 Å². The Kier molecular flexibility index (Phi) is 4.93. The van der Waals surface area contributed by atoms with E-state index in [-0.39, 0.29) is 10.6 Å². The molecule has 26 heavy (non-hydrogen) atoms. The first-order valence-corrected chi connectivity index (χ1v) is 8.13. The second-order valence-corrected chi connectivity index (χ2v) is 6.30. The third kappa shape index (κ3) is 2.84. The lowest BCUT2D eigenvalue weighted by Gasteiger charge is -2.27. The number of hydrogen-bond donors (Lipinski definition) is 5. The summed E-state index contributed by atoms with van der Waals surface area (Å²) in [6.45, 7) is 1.47. The van der Waals surface area contributed by atoms with Gasteiger partial charge < -0.3 is 31.5 Å². The number of nitrogens with zero attached hydrogens (tertiary/aromatic N) is 5. The van der Waals surface area contributed by atoms with E-state index < -0.39 is 30.1 Å². The van der Waals surface area contributed by atoms with Crippen molar-refractivity contribution in [3.63, 3.8) is 0 Å². The van der Waals surface area contributed by atoms with E-state index in [0.717, 1.165) is 0 Å². The van der Waals surface area contributed by atoms with E-state index in [4.69, 9.17) is 40.1 Å². The number of aromatic nitrogens is 4. The summed E-state index contributed by atoms with van der Waals surface area (Å²) in [5.41, 5.74) is 5.36. The molecule has 0 bridgehead atoms. The molecule has 0 radical (unpaired) electrons. The smallest absolute Gasteiger partial charge is 0.251 e. The van der Waals surface area contributed by atoms with Crippen LogP contribution in [-0.4, -0.2) is 53.6 Å². The van der Waals surface area contributed by atoms with Crippen LogP contribution in [0.2, 0.25) is 0 Å². The molecule has 1 saturated heterocycles. The Bertz CT molecular complexity index is 979. The predicted molar refractivity (Wildman–Crippen MR) is 93.6 cm³/mol. The summed E-state index contributed by atoms with van der Waals surface area (Å²) in [4.78, 5) is 11.0. The fourth-order valence-electron chi connectivity index (χ4n) is 2.85. The standard InChI is InChI=1S/C13H15ClN8O3S/c1-5(23)7-8(24)13(15,2-3-14)11(25-7)22-4-17-6-9(22)18-12(20-21-16)19-10(6)26/h4-5,7-8,11,23-24H,15H2,1H3,(H3,16,18,19,20,26)/t5-,7+,8?,11+,13+/m0/s1. The van der Waals surface area contributed by atoms with Crippen molar-refractivity contribution >= 4 is 40.9 Å². The van der Waals surface area contributed by atoms with Crippen LogP contribution in [0.15, 0.2) is 16.7 Å². The monoisotopic (exact) mass is 398 g/mol. The van der Waals surface area contributed by atoms with E-state index in [9.17, 15) is 10.2 Å². The molecule has 11 nitrogen and oxygen atoms in total. The van der Waals surface area contributed by atoms with Crippen molar-refractivity contribution in [1.29, 1.82) is 0 Å². The Morgan fingerprint density at radius 3 is 2.96 bits per heavy atom. The van der Waals surface area contributed by atoms with Crippen LogP contribution in [0.3, 0.4) is 0 Å². The molecule has 0 aromatic carbocycles. The summed E-state index contributed by atoms with van der Waals surface area (Å²) in [5.74, 6) is 7.64. The SMILES string of the molecule is C[C@H](O)[C@H]1O[C@@H](n2cnc3c(=S)nc(N=NN)[nH]c32)[C@@](N)(C#CCl)C1O. The quantitative estimate of drug-likeness (QED) is 0.158. The molecule has 1 unspecified atom stereocenters. The van der Waals surface area contributed by atoms with Crippen molar-refractivity contribution in [3.05, 3.63) is 11.0 Å². The summed E-state index contributed by atoms with van der Waals surface area (Å²) in [6.07, 6.45) is -2.96. The second-order valence-electron chi connectivity index (χ2n) is 5.72. The van der Waals surface area contributed by atoms with Crippen LogP contribution >= 0.6 is 23.8 Å². The Labute approximate surface area is 157 Å². The zero-order valence-electron chi connectivity index (χ0n) is 13.4. The summed E-state index contributed by atoms with van der Waals surface area (Å²) < 4.78 is 7.40. The average molecular weight is 399 g/mol. The number of nitrogens with one attached hydrogen (secondary N) is 1. The number of rotatable bonds is 3. The highest BCUT2D eigenvalue weighted by molar-refractivity contribution is 7.71. The highest BCUT2D eigenvalue weighted by Gasteiger charge is 2.56. The number of ether oxygens (including phenoxy) is 1. The lowest BCUT2D eigenvalue weighted by atomic mass is 9.90. The van der Waals surface area contributed by atoms with Crippen molar-refractivity contribution < 1.29 is 14.9 Å². The van der Waals surface area contributed by atoms with Crippen molar-refractivity contribution in [2.75, 3.05) is 0 Å². The Morgan fingerprint density at radius 1 is 1.62 bits per heavy atom. The van der Waals surface area contributed by atoms with Gasteiger partial charge in [-0.15, -0.1) is 0 Å². The first-order chi connectivity index (χ1) is 12.3. The van der Waals surface area contributed by atoms with Gasteiger partial charge in [-0.2, -0.15) is 4.98 Å². The molecule has 1 aliphatic heterocycles. The number of nitrogens with two attached hydrogens (primary N) is 2. The lowest BCUT2D eigenvalue weighted by molar-refractivity contribution is -0.0756. The summed E-state index contributed by atoms with van der Waals surface area (Å²) >= 11 is 10.7. The number of halogens is 1. The number of aliphatic hydroxyl groups excluding tert-OH is 2. The van der Waals surface area contributed by atoms with Gasteiger partial charge in [-0.05, 0) is 18.5 Å². The molecular weight excluding hydrogens is 384 g/mol. The molecule has 0 saturated carbocycles. The number of hydrogen-bond acceptors (Lipinski definition) is 9. The first kappa shape index (κ1) is 18.6. The number of imidazole rings is 1. The third-order valence-electron chi connectivity index (χ3n) is 4.07. The molecule has 3 heterocycles. The van der Waals surface area contributed by atoms with Gasteiger partial charge in [0.05, 0.1) is 12.4 Å². The van der Waals surface area contributed by atoms with Gasteiger partial charge in [0.2, 0.25) is 0 Å². The van der Waals surface area contributed by atoms with Gasteiger partial charge in [-0.3, -0.25) is 4.57 Å². The van der Waals surface area contributed by atoms with Gasteiger partial charge in [-0.25, -0.2) is 4.98 Å². The Balaban J connectivity index is 2.20. The molecule has 0 amide bonds. The maximum Gasteiger partial charge on any atom is 0.251 e. The largest absolute Gasteiger partial charge is 0.391 e. The summed E-state index contributed by atoms with van der Waals surface area (Å²) in [7, 11) is 0. The topological polar surface area (TPSA) is 173 Å². The highest BCUT2D eigenvalue weighted by Crippen LogP contribution is 2.39. The second kappa shape index (κ2) is 6.88. The third-order valence-corrected chi connectivity index (χ3v) is 4.45. The van der Waals surface area contributed by atoms with Crippen molar-refractivity contribution in [2.24, 2.45) is 21.9 Å². The summed E-state index contributed by atoms with van der Waals surface area (Å²) in [5, 5.41) is 29.4. The van der Waals surface area contributed by atoms with Crippen molar-refractivity contribution in [2.45, 2.75) is 37.0 Å². The molecular formula is C13H15ClN8O3S. The molecule has 13 heteroatoms. The van der Waals surface area contributed by atoms with Gasteiger partial charge in [0, 0.05) is 5.38 Å². The molecule has 1 fully saturated rings. The van der Waals surface area contributed by atoms with E-state index >= 15 is 0 Å². The molecule has 7 N–H and O–H groups in total. The van der Waals surface area contributed by atoms with Gasteiger partial charge in [0.1, 0.15) is 23.4 Å². The predicted octanol–water partition coefficient (Wildman–Crippen LogP) is -0.0174. The number of aliphatic hydroxyl groups is 2. The lowest BCUT2D eigenvalue weighted by Crippen LogP contribution is -2.54. The zero-order valence-corrected chi connectivity index (χ0v) is 14.9. The van der Waals surface area contributed by atoms with Crippen molar-refractivity contribution in [3.8, 4) is 11.3 Å². The fourth-order valence-corrected chi connectivity index (χ4v) is 3.25. The Hall–Kier alpha value is -2.14. The van der Waals surface area contributed by atoms with Crippen LogP contribution in [-0.2, 0) is 4.74 Å². The minimum atomic E-state index is -1.62. The van der Waals surface area contributed by atoms with Crippen LogP contribution in [0.4, 0.5) is 5.95 Å². The summed E-state index contributed by atoms with van der Waals surface area (Å²) in [6, 6.07) is 0. The zero-order chi connectivity index (χ0) is 19.1. The maximum absolute atomic E-state index is 10.5. The van der Waals surface area contributed by atoms with E-state index in [0.29, 0.717) is 11.2 Å². The van der Waals surface area contributed by atoms with Crippen molar-refractivity contribution in [1.82, 2.24) is 19.5 Å². The fraction of sp³-hybridized carbons (Fsp3) is 0.462. The van der Waals surface area contributed by atoms with E-state index in [1.165, 1.54) is 17.8 Å². The first-order valence-electron chi connectivity index (χ1n) is 7.34. The van der Waals surface area contributed by atoms with E-state index in [2.05, 4.69) is 36.6 Å².